The Morgan fingerprint density at radius 3 is 2.85 bits per heavy atom. The van der Waals surface area contributed by atoms with Gasteiger partial charge < -0.3 is 4.74 Å². The first-order valence-electron chi connectivity index (χ1n) is 3.59. The summed E-state index contributed by atoms with van der Waals surface area (Å²) in [6.07, 6.45) is 1.34. The van der Waals surface area contributed by atoms with Gasteiger partial charge in [-0.3, -0.25) is 4.98 Å². The molecule has 0 aliphatic rings. The molecule has 0 spiro atoms. The number of rotatable bonds is 2. The van der Waals surface area contributed by atoms with Crippen molar-refractivity contribution in [2.24, 2.45) is 0 Å². The molecule has 13 heavy (non-hydrogen) atoms. The molecular formula is C7H7BClN2O2. The van der Waals surface area contributed by atoms with Crippen LogP contribution in [0.5, 0.6) is 0 Å². The van der Waals surface area contributed by atoms with E-state index in [0.717, 1.165) is 0 Å². The maximum absolute atomic E-state index is 11.0. The standard InChI is InChI=1S/C7H7BClN2O2/c1-8-7-10-3-4(5(9)11-7)6(12)13-2/h3H,1-2H3. The normalized spacial score (nSPS) is 9.46. The summed E-state index contributed by atoms with van der Waals surface area (Å²) < 4.78 is 4.48. The molecule has 0 fully saturated rings. The average molecular weight is 197 g/mol. The van der Waals surface area contributed by atoms with E-state index >= 15 is 0 Å². The summed E-state index contributed by atoms with van der Waals surface area (Å²) in [6.45, 7) is 1.78. The summed E-state index contributed by atoms with van der Waals surface area (Å²) in [5.74, 6) is -0.535. The van der Waals surface area contributed by atoms with Gasteiger partial charge in [-0.1, -0.05) is 18.4 Å². The minimum Gasteiger partial charge on any atom is -0.465 e. The van der Waals surface area contributed by atoms with Crippen molar-refractivity contribution in [3.8, 4) is 0 Å². The van der Waals surface area contributed by atoms with E-state index in [1.165, 1.54) is 13.3 Å². The van der Waals surface area contributed by atoms with Crippen LogP contribution < -0.4 is 5.72 Å². The SMILES string of the molecule is C[B]c1ncc(C(=O)OC)c(Cl)n1. The highest BCUT2D eigenvalue weighted by atomic mass is 35.5. The molecule has 6 heteroatoms. The highest BCUT2D eigenvalue weighted by Crippen LogP contribution is 2.09. The third-order valence-corrected chi connectivity index (χ3v) is 1.71. The minimum absolute atomic E-state index is 0.106. The molecule has 0 bridgehead atoms. The van der Waals surface area contributed by atoms with Gasteiger partial charge in [0.1, 0.15) is 10.7 Å². The topological polar surface area (TPSA) is 52.1 Å². The fourth-order valence-electron chi connectivity index (χ4n) is 0.760. The molecule has 1 heterocycles. The molecule has 0 aliphatic carbocycles. The lowest BCUT2D eigenvalue weighted by molar-refractivity contribution is 0.0600. The van der Waals surface area contributed by atoms with Crippen molar-refractivity contribution in [2.75, 3.05) is 7.11 Å². The Labute approximate surface area is 81.5 Å². The van der Waals surface area contributed by atoms with Gasteiger partial charge in [-0.2, -0.15) is 0 Å². The fourth-order valence-corrected chi connectivity index (χ4v) is 0.972. The van der Waals surface area contributed by atoms with Crippen LogP contribution in [0.25, 0.3) is 0 Å². The molecule has 0 aliphatic heterocycles. The second kappa shape index (κ2) is 4.23. The Morgan fingerprint density at radius 2 is 2.38 bits per heavy atom. The van der Waals surface area contributed by atoms with E-state index < -0.39 is 5.97 Å². The lowest BCUT2D eigenvalue weighted by atomic mass is 9.81. The third-order valence-electron chi connectivity index (χ3n) is 1.42. The summed E-state index contributed by atoms with van der Waals surface area (Å²) >= 11 is 5.71. The first kappa shape index (κ1) is 9.99. The van der Waals surface area contributed by atoms with E-state index in [-0.39, 0.29) is 10.7 Å². The highest BCUT2D eigenvalue weighted by Gasteiger charge is 2.12. The summed E-state index contributed by atoms with van der Waals surface area (Å²) in [4.78, 5) is 18.8. The quantitative estimate of drug-likeness (QED) is 0.389. The predicted octanol–water partition coefficient (Wildman–Crippen LogP) is 0.294. The van der Waals surface area contributed by atoms with Crippen LogP contribution in [0.15, 0.2) is 6.20 Å². The van der Waals surface area contributed by atoms with Gasteiger partial charge in [0, 0.05) is 6.20 Å². The lowest BCUT2D eigenvalue weighted by Gasteiger charge is -2.01. The number of aromatic nitrogens is 2. The molecule has 0 N–H and O–H groups in total. The van der Waals surface area contributed by atoms with Crippen LogP contribution in [-0.4, -0.2) is 30.3 Å². The molecule has 67 valence electrons. The largest absolute Gasteiger partial charge is 0.465 e. The van der Waals surface area contributed by atoms with Gasteiger partial charge in [0.2, 0.25) is 7.28 Å². The van der Waals surface area contributed by atoms with Crippen molar-refractivity contribution in [3.05, 3.63) is 16.9 Å². The van der Waals surface area contributed by atoms with Crippen molar-refractivity contribution in [1.29, 1.82) is 0 Å². The minimum atomic E-state index is -0.535. The zero-order valence-corrected chi connectivity index (χ0v) is 8.00. The second-order valence-corrected chi connectivity index (χ2v) is 2.57. The van der Waals surface area contributed by atoms with Gasteiger partial charge >= 0.3 is 5.97 Å². The molecule has 4 nitrogen and oxygen atoms in total. The molecule has 0 saturated heterocycles. The van der Waals surface area contributed by atoms with E-state index in [0.29, 0.717) is 5.72 Å². The first-order chi connectivity index (χ1) is 6.19. The Hall–Kier alpha value is -1.10. The van der Waals surface area contributed by atoms with Crippen LogP contribution in [0.2, 0.25) is 12.0 Å². The smallest absolute Gasteiger partial charge is 0.342 e. The van der Waals surface area contributed by atoms with Gasteiger partial charge in [-0.25, -0.2) is 9.78 Å². The second-order valence-electron chi connectivity index (χ2n) is 2.21. The maximum atomic E-state index is 11.0. The van der Waals surface area contributed by atoms with Crippen LogP contribution in [0.3, 0.4) is 0 Å². The van der Waals surface area contributed by atoms with Crippen molar-refractivity contribution in [2.45, 2.75) is 6.82 Å². The molecule has 1 aromatic heterocycles. The van der Waals surface area contributed by atoms with Crippen molar-refractivity contribution >= 4 is 30.6 Å². The number of carbonyl (C=O) groups excluding carboxylic acids is 1. The van der Waals surface area contributed by atoms with Gasteiger partial charge in [0.05, 0.1) is 12.8 Å². The van der Waals surface area contributed by atoms with E-state index in [1.54, 1.807) is 14.1 Å². The van der Waals surface area contributed by atoms with Crippen LogP contribution in [-0.2, 0) is 4.74 Å². The Morgan fingerprint density at radius 1 is 1.69 bits per heavy atom. The molecule has 1 rings (SSSR count). The van der Waals surface area contributed by atoms with Gasteiger partial charge in [0.15, 0.2) is 0 Å². The summed E-state index contributed by atoms with van der Waals surface area (Å²) in [6, 6.07) is 0. The molecule has 1 aromatic rings. The summed E-state index contributed by atoms with van der Waals surface area (Å²) in [5.41, 5.74) is 0.660. The highest BCUT2D eigenvalue weighted by molar-refractivity contribution is 6.50. The Kier molecular flexibility index (Phi) is 3.25. The van der Waals surface area contributed by atoms with E-state index in [4.69, 9.17) is 11.6 Å². The maximum Gasteiger partial charge on any atom is 0.342 e. The van der Waals surface area contributed by atoms with E-state index in [2.05, 4.69) is 14.7 Å². The number of methoxy groups -OCH3 is 1. The van der Waals surface area contributed by atoms with Crippen LogP contribution in [0.4, 0.5) is 0 Å². The fraction of sp³-hybridized carbons (Fsp3) is 0.286. The molecule has 0 atom stereocenters. The van der Waals surface area contributed by atoms with Gasteiger partial charge in [0.25, 0.3) is 0 Å². The molecular weight excluding hydrogens is 190 g/mol. The average Bonchev–Trinajstić information content (AvgIpc) is 2.16. The number of esters is 1. The molecule has 0 amide bonds. The zero-order valence-electron chi connectivity index (χ0n) is 7.24. The molecule has 0 unspecified atom stereocenters. The summed E-state index contributed by atoms with van der Waals surface area (Å²) in [5, 5.41) is 0.106. The number of ether oxygens (including phenoxy) is 1. The van der Waals surface area contributed by atoms with Crippen LogP contribution >= 0.6 is 11.6 Å². The number of hydrogen-bond donors (Lipinski definition) is 0. The van der Waals surface area contributed by atoms with Crippen molar-refractivity contribution < 1.29 is 9.53 Å². The Balaban J connectivity index is 3.05. The number of nitrogens with zero attached hydrogens (tertiary/aromatic N) is 2. The van der Waals surface area contributed by atoms with Gasteiger partial charge in [-0.15, -0.1) is 0 Å². The molecule has 1 radical (unpaired) electrons. The van der Waals surface area contributed by atoms with Crippen LogP contribution in [0, 0.1) is 0 Å². The number of carbonyl (C=O) groups is 1. The zero-order chi connectivity index (χ0) is 9.84. The monoisotopic (exact) mass is 197 g/mol. The number of halogens is 1. The summed E-state index contributed by atoms with van der Waals surface area (Å²) in [7, 11) is 2.96. The lowest BCUT2D eigenvalue weighted by Crippen LogP contribution is -2.21. The van der Waals surface area contributed by atoms with E-state index in [1.807, 2.05) is 0 Å². The van der Waals surface area contributed by atoms with Crippen LogP contribution in [0.1, 0.15) is 10.4 Å². The number of hydrogen-bond acceptors (Lipinski definition) is 4. The first-order valence-corrected chi connectivity index (χ1v) is 3.97. The molecule has 0 aromatic carbocycles. The predicted molar refractivity (Wildman–Crippen MR) is 49.6 cm³/mol. The molecule has 0 saturated carbocycles. The van der Waals surface area contributed by atoms with E-state index in [9.17, 15) is 4.79 Å². The Bertz CT molecular complexity index is 332. The third kappa shape index (κ3) is 2.18. The van der Waals surface area contributed by atoms with Gasteiger partial charge in [-0.05, 0) is 0 Å². The van der Waals surface area contributed by atoms with Crippen molar-refractivity contribution in [1.82, 2.24) is 9.97 Å². The van der Waals surface area contributed by atoms with Crippen molar-refractivity contribution in [3.63, 3.8) is 0 Å².